The lowest BCUT2D eigenvalue weighted by atomic mass is 10.2. The van der Waals surface area contributed by atoms with Gasteiger partial charge >= 0.3 is 6.09 Å². The highest BCUT2D eigenvalue weighted by atomic mass is 19.1. The quantitative estimate of drug-likeness (QED) is 0.827. The highest BCUT2D eigenvalue weighted by Crippen LogP contribution is 2.21. The lowest BCUT2D eigenvalue weighted by Gasteiger charge is -2.17. The van der Waals surface area contributed by atoms with Crippen LogP contribution in [0.3, 0.4) is 0 Å². The summed E-state index contributed by atoms with van der Waals surface area (Å²) in [6.07, 6.45) is 0.785. The van der Waals surface area contributed by atoms with Crippen molar-refractivity contribution >= 4 is 12.0 Å². The van der Waals surface area contributed by atoms with Gasteiger partial charge in [0.25, 0.3) is 0 Å². The third-order valence-corrected chi connectivity index (χ3v) is 3.37. The van der Waals surface area contributed by atoms with Crippen LogP contribution in [0, 0.1) is 5.82 Å². The maximum Gasteiger partial charge on any atom is 0.413 e. The van der Waals surface area contributed by atoms with Crippen LogP contribution < -0.4 is 5.32 Å². The maximum absolute atomic E-state index is 13.0. The topological polar surface area (TPSA) is 84.7 Å². The van der Waals surface area contributed by atoms with Gasteiger partial charge in [0, 0.05) is 5.56 Å². The van der Waals surface area contributed by atoms with E-state index in [1.54, 1.807) is 30.2 Å². The number of ether oxygens (including phenoxy) is 1. The van der Waals surface area contributed by atoms with Crippen molar-refractivity contribution in [1.29, 1.82) is 0 Å². The van der Waals surface area contributed by atoms with E-state index in [-0.39, 0.29) is 19.0 Å². The Hall–Kier alpha value is -2.74. The molecule has 25 heavy (non-hydrogen) atoms. The first-order chi connectivity index (χ1) is 12.0. The van der Waals surface area contributed by atoms with E-state index < -0.39 is 12.0 Å². The molecule has 0 bridgehead atoms. The van der Waals surface area contributed by atoms with Crippen molar-refractivity contribution in [2.75, 3.05) is 19.7 Å². The number of imide groups is 1. The minimum atomic E-state index is -0.765. The van der Waals surface area contributed by atoms with Gasteiger partial charge < -0.3 is 9.15 Å². The number of rotatable bonds is 7. The van der Waals surface area contributed by atoms with Gasteiger partial charge in [0.2, 0.25) is 11.8 Å². The molecule has 0 atom stereocenters. The summed E-state index contributed by atoms with van der Waals surface area (Å²) < 4.78 is 23.3. The summed E-state index contributed by atoms with van der Waals surface area (Å²) in [4.78, 5) is 29.0. The van der Waals surface area contributed by atoms with E-state index in [0.29, 0.717) is 30.3 Å². The van der Waals surface area contributed by atoms with Crippen molar-refractivity contribution < 1.29 is 23.1 Å². The number of hydrogen-bond donors (Lipinski definition) is 1. The van der Waals surface area contributed by atoms with Crippen LogP contribution in [-0.2, 0) is 16.1 Å². The van der Waals surface area contributed by atoms with E-state index in [9.17, 15) is 14.0 Å². The number of amides is 2. The Kier molecular flexibility index (Phi) is 6.64. The molecular formula is C17H20FN3O4. The summed E-state index contributed by atoms with van der Waals surface area (Å²) in [5, 5.41) is 2.14. The van der Waals surface area contributed by atoms with Gasteiger partial charge in [-0.3, -0.25) is 15.0 Å². The van der Waals surface area contributed by atoms with Crippen LogP contribution in [-0.4, -0.2) is 41.6 Å². The number of likely N-dealkylation sites (N-methyl/N-ethyl adjacent to an activating group) is 1. The van der Waals surface area contributed by atoms with E-state index in [4.69, 9.17) is 4.42 Å². The monoisotopic (exact) mass is 349 g/mol. The molecule has 134 valence electrons. The van der Waals surface area contributed by atoms with Crippen molar-refractivity contribution in [1.82, 2.24) is 15.2 Å². The van der Waals surface area contributed by atoms with Gasteiger partial charge in [-0.1, -0.05) is 6.92 Å². The Morgan fingerprint density at radius 2 is 2.00 bits per heavy atom. The number of nitrogens with zero attached hydrogens (tertiary/aromatic N) is 2. The molecule has 0 aliphatic heterocycles. The first kappa shape index (κ1) is 18.6. The molecule has 2 aromatic rings. The Morgan fingerprint density at radius 3 is 2.64 bits per heavy atom. The Balaban J connectivity index is 1.94. The summed E-state index contributed by atoms with van der Waals surface area (Å²) in [6, 6.07) is 5.89. The summed E-state index contributed by atoms with van der Waals surface area (Å²) in [6.45, 7) is 4.59. The zero-order valence-corrected chi connectivity index (χ0v) is 14.1. The van der Waals surface area contributed by atoms with E-state index in [0.717, 1.165) is 0 Å². The molecule has 2 rings (SSSR count). The molecule has 0 saturated carbocycles. The van der Waals surface area contributed by atoms with Crippen LogP contribution in [0.2, 0.25) is 0 Å². The molecule has 1 aromatic heterocycles. The molecule has 1 N–H and O–H groups in total. The SMILES string of the molecule is CCOC(=O)NC(=O)CN(CC)Cc1ncc(-c2ccc(F)cc2)o1. The number of carbonyl (C=O) groups is 2. The summed E-state index contributed by atoms with van der Waals surface area (Å²) in [5.74, 6) is 0.144. The highest BCUT2D eigenvalue weighted by Gasteiger charge is 2.15. The molecule has 0 spiro atoms. The zero-order valence-electron chi connectivity index (χ0n) is 14.1. The van der Waals surface area contributed by atoms with Crippen LogP contribution in [0.25, 0.3) is 11.3 Å². The van der Waals surface area contributed by atoms with Crippen molar-refractivity contribution in [3.8, 4) is 11.3 Å². The van der Waals surface area contributed by atoms with Crippen LogP contribution >= 0.6 is 0 Å². The summed E-state index contributed by atoms with van der Waals surface area (Å²) >= 11 is 0. The number of aromatic nitrogens is 1. The molecule has 0 saturated heterocycles. The molecule has 1 heterocycles. The second kappa shape index (κ2) is 8.93. The third-order valence-electron chi connectivity index (χ3n) is 3.37. The van der Waals surface area contributed by atoms with Crippen molar-refractivity contribution in [3.63, 3.8) is 0 Å². The van der Waals surface area contributed by atoms with E-state index >= 15 is 0 Å². The fraction of sp³-hybridized carbons (Fsp3) is 0.353. The first-order valence-electron chi connectivity index (χ1n) is 7.91. The number of hydrogen-bond acceptors (Lipinski definition) is 6. The molecule has 0 aliphatic carbocycles. The minimum Gasteiger partial charge on any atom is -0.450 e. The number of alkyl carbamates (subject to hydrolysis) is 1. The number of oxazole rings is 1. The Bertz CT molecular complexity index is 715. The van der Waals surface area contributed by atoms with Gasteiger partial charge in [-0.15, -0.1) is 0 Å². The zero-order chi connectivity index (χ0) is 18.2. The predicted octanol–water partition coefficient (Wildman–Crippen LogP) is 2.58. The normalized spacial score (nSPS) is 10.7. The van der Waals surface area contributed by atoms with Gasteiger partial charge in [0.05, 0.1) is 25.9 Å². The van der Waals surface area contributed by atoms with Gasteiger partial charge in [0.1, 0.15) is 5.82 Å². The van der Waals surface area contributed by atoms with Crippen LogP contribution in [0.1, 0.15) is 19.7 Å². The molecule has 0 aliphatic rings. The molecule has 0 unspecified atom stereocenters. The van der Waals surface area contributed by atoms with E-state index in [1.165, 1.54) is 12.1 Å². The molecule has 0 radical (unpaired) electrons. The fourth-order valence-electron chi connectivity index (χ4n) is 2.13. The largest absolute Gasteiger partial charge is 0.450 e. The Morgan fingerprint density at radius 1 is 1.28 bits per heavy atom. The maximum atomic E-state index is 13.0. The Labute approximate surface area is 144 Å². The van der Waals surface area contributed by atoms with Crippen molar-refractivity contribution in [3.05, 3.63) is 42.2 Å². The van der Waals surface area contributed by atoms with E-state index in [2.05, 4.69) is 15.0 Å². The number of halogens is 1. The standard InChI is InChI=1S/C17H20FN3O4/c1-3-21(10-15(22)20-17(23)24-4-2)11-16-19-9-14(25-16)12-5-7-13(18)8-6-12/h5-9H,3-4,10-11H2,1-2H3,(H,20,22,23). The average molecular weight is 349 g/mol. The molecule has 1 aromatic carbocycles. The van der Waals surface area contributed by atoms with E-state index in [1.807, 2.05) is 6.92 Å². The second-order valence-electron chi connectivity index (χ2n) is 5.20. The van der Waals surface area contributed by atoms with Crippen LogP contribution in [0.4, 0.5) is 9.18 Å². The molecular weight excluding hydrogens is 329 g/mol. The highest BCUT2D eigenvalue weighted by molar-refractivity contribution is 5.92. The number of carbonyl (C=O) groups excluding carboxylic acids is 2. The van der Waals surface area contributed by atoms with Crippen LogP contribution in [0.5, 0.6) is 0 Å². The number of benzene rings is 1. The fourth-order valence-corrected chi connectivity index (χ4v) is 2.13. The van der Waals surface area contributed by atoms with Crippen molar-refractivity contribution in [2.24, 2.45) is 0 Å². The summed E-state index contributed by atoms with van der Waals surface area (Å²) in [7, 11) is 0. The molecule has 2 amide bonds. The van der Waals surface area contributed by atoms with Gasteiger partial charge in [-0.25, -0.2) is 14.2 Å². The van der Waals surface area contributed by atoms with Gasteiger partial charge in [0.15, 0.2) is 5.76 Å². The first-order valence-corrected chi connectivity index (χ1v) is 7.91. The van der Waals surface area contributed by atoms with Gasteiger partial charge in [-0.05, 0) is 37.7 Å². The smallest absolute Gasteiger partial charge is 0.413 e. The lowest BCUT2D eigenvalue weighted by molar-refractivity contribution is -0.121. The van der Waals surface area contributed by atoms with Crippen LogP contribution in [0.15, 0.2) is 34.9 Å². The number of nitrogens with one attached hydrogen (secondary N) is 1. The second-order valence-corrected chi connectivity index (χ2v) is 5.20. The summed E-state index contributed by atoms with van der Waals surface area (Å²) in [5.41, 5.74) is 0.711. The molecule has 7 nitrogen and oxygen atoms in total. The average Bonchev–Trinajstić information content (AvgIpc) is 3.03. The molecule has 8 heteroatoms. The predicted molar refractivity (Wildman–Crippen MR) is 88.0 cm³/mol. The minimum absolute atomic E-state index is 0.00355. The lowest BCUT2D eigenvalue weighted by Crippen LogP contribution is -2.40. The van der Waals surface area contributed by atoms with Gasteiger partial charge in [-0.2, -0.15) is 0 Å². The molecule has 0 fully saturated rings. The van der Waals surface area contributed by atoms with Crippen molar-refractivity contribution in [2.45, 2.75) is 20.4 Å². The third kappa shape index (κ3) is 5.68.